The number of likely N-dealkylation sites (tertiary alicyclic amines) is 1. The van der Waals surface area contributed by atoms with Crippen molar-refractivity contribution in [2.45, 2.75) is 50.5 Å². The predicted molar refractivity (Wildman–Crippen MR) is 104 cm³/mol. The van der Waals surface area contributed by atoms with Gasteiger partial charge >= 0.3 is 5.97 Å². The first-order valence-electron chi connectivity index (χ1n) is 9.01. The minimum Gasteiger partial charge on any atom is -0.451 e. The zero-order valence-corrected chi connectivity index (χ0v) is 17.1. The van der Waals surface area contributed by atoms with E-state index < -0.39 is 15.4 Å². The Labute approximate surface area is 161 Å². The summed E-state index contributed by atoms with van der Waals surface area (Å²) in [5.74, 6) is -0.327. The highest BCUT2D eigenvalue weighted by Crippen LogP contribution is 2.39. The molecule has 1 amide bonds. The second-order valence-electron chi connectivity index (χ2n) is 7.40. The third kappa shape index (κ3) is 5.19. The van der Waals surface area contributed by atoms with E-state index in [4.69, 9.17) is 4.74 Å². The van der Waals surface area contributed by atoms with E-state index in [0.717, 1.165) is 30.6 Å². The summed E-state index contributed by atoms with van der Waals surface area (Å²) >= 11 is 0. The van der Waals surface area contributed by atoms with Crippen LogP contribution in [0.4, 0.5) is 0 Å². The van der Waals surface area contributed by atoms with Crippen LogP contribution in [0.25, 0.3) is 5.57 Å². The van der Waals surface area contributed by atoms with Gasteiger partial charge in [0.2, 0.25) is 6.41 Å². The molecule has 1 saturated heterocycles. The molecule has 0 aliphatic carbocycles. The summed E-state index contributed by atoms with van der Waals surface area (Å²) < 4.78 is 28.1. The van der Waals surface area contributed by atoms with Gasteiger partial charge in [0.05, 0.1) is 4.90 Å². The minimum atomic E-state index is -3.21. The van der Waals surface area contributed by atoms with Gasteiger partial charge in [-0.3, -0.25) is 4.79 Å². The molecule has 0 aromatic heterocycles. The third-order valence-corrected chi connectivity index (χ3v) is 5.87. The monoisotopic (exact) mass is 393 g/mol. The first-order chi connectivity index (χ1) is 12.6. The number of piperidine rings is 1. The molecule has 148 valence electrons. The van der Waals surface area contributed by atoms with Gasteiger partial charge < -0.3 is 9.64 Å². The summed E-state index contributed by atoms with van der Waals surface area (Å²) in [6, 6.07) is 6.51. The third-order valence-electron chi connectivity index (χ3n) is 4.74. The highest BCUT2D eigenvalue weighted by atomic mass is 32.2. The number of esters is 1. The molecule has 3 rings (SSSR count). The van der Waals surface area contributed by atoms with Crippen molar-refractivity contribution >= 4 is 27.8 Å². The Morgan fingerprint density at radius 1 is 1.07 bits per heavy atom. The van der Waals surface area contributed by atoms with E-state index in [1.807, 2.05) is 18.7 Å². The molecule has 1 aromatic carbocycles. The molecular formula is C20H27NO5S. The number of hydrogen-bond donors (Lipinski definition) is 0. The predicted octanol–water partition coefficient (Wildman–Crippen LogP) is 2.83. The molecule has 0 atom stereocenters. The lowest BCUT2D eigenvalue weighted by atomic mass is 9.90. The maximum absolute atomic E-state index is 11.6. The van der Waals surface area contributed by atoms with E-state index in [1.54, 1.807) is 31.2 Å². The van der Waals surface area contributed by atoms with Gasteiger partial charge in [-0.05, 0) is 57.7 Å². The van der Waals surface area contributed by atoms with Crippen molar-refractivity contribution in [1.82, 2.24) is 4.90 Å². The van der Waals surface area contributed by atoms with Crippen LogP contribution in [-0.2, 0) is 24.2 Å². The van der Waals surface area contributed by atoms with Crippen LogP contribution in [0, 0.1) is 0 Å². The van der Waals surface area contributed by atoms with Crippen LogP contribution in [0.2, 0.25) is 0 Å². The molecule has 0 spiro atoms. The van der Waals surface area contributed by atoms with Gasteiger partial charge in [-0.25, -0.2) is 13.2 Å². The van der Waals surface area contributed by atoms with Gasteiger partial charge in [-0.15, -0.1) is 0 Å². The second-order valence-corrected chi connectivity index (χ2v) is 9.41. The topological polar surface area (TPSA) is 80.8 Å². The fourth-order valence-electron chi connectivity index (χ4n) is 3.37. The molecule has 0 radical (unpaired) electrons. The minimum absolute atomic E-state index is 0.262. The Bertz CT molecular complexity index is 832. The smallest absolute Gasteiger partial charge is 0.335 e. The number of carbonyl (C=O) groups is 2. The van der Waals surface area contributed by atoms with E-state index in [9.17, 15) is 18.0 Å². The van der Waals surface area contributed by atoms with Crippen LogP contribution >= 0.6 is 0 Å². The Hall–Kier alpha value is -2.15. The molecule has 2 aliphatic heterocycles. The van der Waals surface area contributed by atoms with E-state index >= 15 is 0 Å². The fraction of sp³-hybridized carbons (Fsp3) is 0.500. The van der Waals surface area contributed by atoms with Crippen LogP contribution < -0.4 is 0 Å². The molecule has 0 N–H and O–H groups in total. The molecule has 1 aromatic rings. The first-order valence-corrected chi connectivity index (χ1v) is 10.9. The zero-order chi connectivity index (χ0) is 20.2. The Morgan fingerprint density at radius 3 is 2.00 bits per heavy atom. The molecule has 1 fully saturated rings. The lowest BCUT2D eigenvalue weighted by Crippen LogP contribution is -2.27. The molecule has 0 saturated carbocycles. The number of hydrogen-bond acceptors (Lipinski definition) is 5. The number of sulfone groups is 1. The number of rotatable bonds is 3. The number of ether oxygens (including phenoxy) is 1. The maximum atomic E-state index is 11.6. The van der Waals surface area contributed by atoms with Gasteiger partial charge in [0.25, 0.3) is 0 Å². The van der Waals surface area contributed by atoms with E-state index in [1.165, 1.54) is 25.5 Å². The lowest BCUT2D eigenvalue weighted by molar-refractivity contribution is -0.143. The standard InChI is InChI=1S/C14H16O4S.C6H11NO/c1-9-12(14(2,3)18-13(9)15)10-5-7-11(8-6-10)19(4,16)17;8-6-7-4-2-1-3-5-7/h5-8H,1-4H3;6H,1-5H2. The molecule has 6 nitrogen and oxygen atoms in total. The van der Waals surface area contributed by atoms with Crippen molar-refractivity contribution in [1.29, 1.82) is 0 Å². The van der Waals surface area contributed by atoms with E-state index in [-0.39, 0.29) is 10.9 Å². The van der Waals surface area contributed by atoms with Crippen molar-refractivity contribution in [2.75, 3.05) is 19.3 Å². The molecule has 27 heavy (non-hydrogen) atoms. The van der Waals surface area contributed by atoms with Crippen molar-refractivity contribution in [2.24, 2.45) is 0 Å². The molecule has 7 heteroatoms. The number of benzene rings is 1. The Balaban J connectivity index is 0.000000273. The van der Waals surface area contributed by atoms with Crippen LogP contribution in [0.3, 0.4) is 0 Å². The van der Waals surface area contributed by atoms with Crippen molar-refractivity contribution in [3.63, 3.8) is 0 Å². The van der Waals surface area contributed by atoms with Crippen molar-refractivity contribution < 1.29 is 22.7 Å². The average molecular weight is 394 g/mol. The number of nitrogens with zero attached hydrogens (tertiary/aromatic N) is 1. The summed E-state index contributed by atoms with van der Waals surface area (Å²) in [5, 5.41) is 0. The highest BCUT2D eigenvalue weighted by molar-refractivity contribution is 7.90. The summed E-state index contributed by atoms with van der Waals surface area (Å²) in [7, 11) is -3.21. The fourth-order valence-corrected chi connectivity index (χ4v) is 4.00. The van der Waals surface area contributed by atoms with Crippen molar-refractivity contribution in [3.05, 3.63) is 35.4 Å². The summed E-state index contributed by atoms with van der Waals surface area (Å²) in [6.07, 6.45) is 5.79. The Kier molecular flexibility index (Phi) is 6.46. The zero-order valence-electron chi connectivity index (χ0n) is 16.3. The normalized spacial score (nSPS) is 19.3. The van der Waals surface area contributed by atoms with E-state index in [2.05, 4.69) is 0 Å². The molecule has 0 bridgehead atoms. The molecule has 0 unspecified atom stereocenters. The summed E-state index contributed by atoms with van der Waals surface area (Å²) in [5.41, 5.74) is 1.49. The Morgan fingerprint density at radius 2 is 1.63 bits per heavy atom. The quantitative estimate of drug-likeness (QED) is 0.583. The number of cyclic esters (lactones) is 1. The van der Waals surface area contributed by atoms with Crippen LogP contribution in [-0.4, -0.2) is 50.6 Å². The van der Waals surface area contributed by atoms with Crippen LogP contribution in [0.5, 0.6) is 0 Å². The maximum Gasteiger partial charge on any atom is 0.335 e. The van der Waals surface area contributed by atoms with Gasteiger partial charge in [-0.2, -0.15) is 0 Å². The highest BCUT2D eigenvalue weighted by Gasteiger charge is 2.38. The summed E-state index contributed by atoms with van der Waals surface area (Å²) in [6.45, 7) is 7.31. The molecular weight excluding hydrogens is 366 g/mol. The van der Waals surface area contributed by atoms with Crippen LogP contribution in [0.15, 0.2) is 34.7 Å². The summed E-state index contributed by atoms with van der Waals surface area (Å²) in [4.78, 5) is 23.8. The van der Waals surface area contributed by atoms with Gasteiger partial charge in [-0.1, -0.05) is 12.1 Å². The first kappa shape index (κ1) is 21.2. The molecule has 2 aliphatic rings. The van der Waals surface area contributed by atoms with E-state index in [0.29, 0.717) is 5.57 Å². The number of carbonyl (C=O) groups excluding carboxylic acids is 2. The van der Waals surface area contributed by atoms with Gasteiger partial charge in [0.15, 0.2) is 9.84 Å². The van der Waals surface area contributed by atoms with Gasteiger partial charge in [0.1, 0.15) is 5.60 Å². The average Bonchev–Trinajstić information content (AvgIpc) is 2.82. The van der Waals surface area contributed by atoms with Crippen LogP contribution in [0.1, 0.15) is 45.6 Å². The largest absolute Gasteiger partial charge is 0.451 e. The lowest BCUT2D eigenvalue weighted by Gasteiger charge is -2.21. The van der Waals surface area contributed by atoms with Crippen molar-refractivity contribution in [3.8, 4) is 0 Å². The van der Waals surface area contributed by atoms with Gasteiger partial charge in [0, 0.05) is 30.5 Å². The second kappa shape index (κ2) is 8.25. The molecule has 2 heterocycles. The SMILES string of the molecule is CC1=C(c2ccc(S(C)(=O)=O)cc2)C(C)(C)OC1=O.O=CN1CCCCC1. The number of amides is 1.